The normalized spacial score (nSPS) is 10.4. The van der Waals surface area contributed by atoms with Crippen molar-refractivity contribution in [2.45, 2.75) is 0 Å². The molecule has 0 saturated heterocycles. The Morgan fingerprint density at radius 3 is 2.52 bits per heavy atom. The van der Waals surface area contributed by atoms with Crippen molar-refractivity contribution in [2.24, 2.45) is 5.73 Å². The highest BCUT2D eigenvalue weighted by Gasteiger charge is 2.12. The van der Waals surface area contributed by atoms with Crippen molar-refractivity contribution >= 4 is 18.0 Å². The zero-order valence-corrected chi connectivity index (χ0v) is 13.8. The monoisotopic (exact) mass is 341 g/mol. The summed E-state index contributed by atoms with van der Waals surface area (Å²) < 4.78 is 15.6. The zero-order chi connectivity index (χ0) is 18.1. The van der Waals surface area contributed by atoms with Gasteiger partial charge in [0.05, 0.1) is 12.7 Å². The Morgan fingerprint density at radius 1 is 1.08 bits per heavy atom. The minimum Gasteiger partial charge on any atom is -0.493 e. The number of esters is 1. The Bertz CT molecular complexity index is 756. The standard InChI is InChI=1S/C19H19NO5/c1-23-17-12-15(9-10-16(17)25-13-18(20)21)19(22)24-11-5-8-14-6-3-2-4-7-14/h2-10,12H,11,13H2,1H3,(H2,20,21). The summed E-state index contributed by atoms with van der Waals surface area (Å²) in [7, 11) is 1.43. The molecule has 6 nitrogen and oxygen atoms in total. The van der Waals surface area contributed by atoms with Crippen LogP contribution in [0.1, 0.15) is 15.9 Å². The molecule has 0 unspecified atom stereocenters. The number of rotatable bonds is 8. The van der Waals surface area contributed by atoms with E-state index in [1.165, 1.54) is 25.3 Å². The molecule has 0 bridgehead atoms. The van der Waals surface area contributed by atoms with E-state index in [0.29, 0.717) is 17.1 Å². The first kappa shape index (κ1) is 18.1. The first-order valence-electron chi connectivity index (χ1n) is 7.58. The molecule has 25 heavy (non-hydrogen) atoms. The van der Waals surface area contributed by atoms with Gasteiger partial charge in [0.2, 0.25) is 0 Å². The molecule has 1 amide bonds. The minimum absolute atomic E-state index is 0.149. The van der Waals surface area contributed by atoms with E-state index in [1.807, 2.05) is 36.4 Å². The fraction of sp³-hybridized carbons (Fsp3) is 0.158. The third-order valence-electron chi connectivity index (χ3n) is 3.19. The van der Waals surface area contributed by atoms with Crippen LogP contribution < -0.4 is 15.2 Å². The van der Waals surface area contributed by atoms with Crippen molar-refractivity contribution in [1.82, 2.24) is 0 Å². The lowest BCUT2D eigenvalue weighted by Gasteiger charge is -2.10. The molecule has 130 valence electrons. The molecule has 0 fully saturated rings. The maximum Gasteiger partial charge on any atom is 0.338 e. The molecular formula is C19H19NO5. The fourth-order valence-corrected chi connectivity index (χ4v) is 2.02. The van der Waals surface area contributed by atoms with Crippen LogP contribution in [0.4, 0.5) is 0 Å². The summed E-state index contributed by atoms with van der Waals surface area (Å²) in [6.07, 6.45) is 3.63. The van der Waals surface area contributed by atoms with Crippen molar-refractivity contribution in [3.8, 4) is 11.5 Å². The molecule has 0 heterocycles. The molecule has 0 atom stereocenters. The van der Waals surface area contributed by atoms with E-state index in [9.17, 15) is 9.59 Å². The lowest BCUT2D eigenvalue weighted by molar-refractivity contribution is -0.119. The van der Waals surface area contributed by atoms with Gasteiger partial charge in [0.15, 0.2) is 18.1 Å². The van der Waals surface area contributed by atoms with Gasteiger partial charge < -0.3 is 19.9 Å². The van der Waals surface area contributed by atoms with Crippen LogP contribution in [0, 0.1) is 0 Å². The number of hydrogen-bond donors (Lipinski definition) is 1. The first-order chi connectivity index (χ1) is 12.1. The number of carbonyl (C=O) groups excluding carboxylic acids is 2. The second kappa shape index (κ2) is 9.12. The minimum atomic E-state index is -0.601. The highest BCUT2D eigenvalue weighted by atomic mass is 16.5. The van der Waals surface area contributed by atoms with E-state index in [4.69, 9.17) is 19.9 Å². The highest BCUT2D eigenvalue weighted by molar-refractivity contribution is 5.90. The van der Waals surface area contributed by atoms with Gasteiger partial charge >= 0.3 is 5.97 Å². The molecule has 0 aliphatic heterocycles. The Morgan fingerprint density at radius 2 is 1.84 bits per heavy atom. The first-order valence-corrected chi connectivity index (χ1v) is 7.58. The fourth-order valence-electron chi connectivity index (χ4n) is 2.02. The quantitative estimate of drug-likeness (QED) is 0.745. The van der Waals surface area contributed by atoms with Gasteiger partial charge in [-0.1, -0.05) is 36.4 Å². The van der Waals surface area contributed by atoms with Gasteiger partial charge in [-0.2, -0.15) is 0 Å². The van der Waals surface area contributed by atoms with Crippen molar-refractivity contribution in [2.75, 3.05) is 20.3 Å². The van der Waals surface area contributed by atoms with Crippen LogP contribution in [-0.2, 0) is 9.53 Å². The average molecular weight is 341 g/mol. The molecule has 2 rings (SSSR count). The number of benzene rings is 2. The maximum absolute atomic E-state index is 12.1. The van der Waals surface area contributed by atoms with Crippen molar-refractivity contribution in [1.29, 1.82) is 0 Å². The summed E-state index contributed by atoms with van der Waals surface area (Å²) in [5, 5.41) is 0. The second-order valence-electron chi connectivity index (χ2n) is 5.03. The predicted octanol–water partition coefficient (Wildman–Crippen LogP) is 2.43. The summed E-state index contributed by atoms with van der Waals surface area (Å²) in [5.74, 6) is -0.453. The number of primary amides is 1. The van der Waals surface area contributed by atoms with Crippen molar-refractivity contribution in [3.63, 3.8) is 0 Å². The largest absolute Gasteiger partial charge is 0.493 e. The van der Waals surface area contributed by atoms with Gasteiger partial charge in [-0.3, -0.25) is 4.79 Å². The highest BCUT2D eigenvalue weighted by Crippen LogP contribution is 2.28. The van der Waals surface area contributed by atoms with Crippen molar-refractivity contribution < 1.29 is 23.8 Å². The lowest BCUT2D eigenvalue weighted by atomic mass is 10.2. The molecule has 0 aliphatic carbocycles. The maximum atomic E-state index is 12.1. The number of ether oxygens (including phenoxy) is 3. The van der Waals surface area contributed by atoms with Crippen LogP contribution >= 0.6 is 0 Å². The van der Waals surface area contributed by atoms with E-state index in [0.717, 1.165) is 5.56 Å². The van der Waals surface area contributed by atoms with E-state index in [1.54, 1.807) is 6.08 Å². The third-order valence-corrected chi connectivity index (χ3v) is 3.19. The van der Waals surface area contributed by atoms with Gasteiger partial charge in [0, 0.05) is 0 Å². The van der Waals surface area contributed by atoms with E-state index in [-0.39, 0.29) is 13.2 Å². The lowest BCUT2D eigenvalue weighted by Crippen LogP contribution is -2.20. The van der Waals surface area contributed by atoms with Gasteiger partial charge in [0.25, 0.3) is 5.91 Å². The second-order valence-corrected chi connectivity index (χ2v) is 5.03. The summed E-state index contributed by atoms with van der Waals surface area (Å²) in [4.78, 5) is 22.8. The molecule has 2 aromatic rings. The molecule has 0 saturated carbocycles. The Balaban J connectivity index is 1.94. The summed E-state index contributed by atoms with van der Waals surface area (Å²) in [6.45, 7) is -0.125. The molecule has 0 aromatic heterocycles. The number of hydrogen-bond acceptors (Lipinski definition) is 5. The van der Waals surface area contributed by atoms with Crippen LogP contribution in [0.2, 0.25) is 0 Å². The zero-order valence-electron chi connectivity index (χ0n) is 13.8. The number of nitrogens with two attached hydrogens (primary N) is 1. The van der Waals surface area contributed by atoms with E-state index < -0.39 is 11.9 Å². The summed E-state index contributed by atoms with van der Waals surface area (Å²) in [5.41, 5.74) is 6.38. The van der Waals surface area contributed by atoms with Crippen LogP contribution in [-0.4, -0.2) is 32.2 Å². The van der Waals surface area contributed by atoms with Crippen LogP contribution in [0.25, 0.3) is 6.08 Å². The van der Waals surface area contributed by atoms with Crippen LogP contribution in [0.5, 0.6) is 11.5 Å². The Labute approximate surface area is 145 Å². The van der Waals surface area contributed by atoms with Gasteiger partial charge in [0.1, 0.15) is 6.61 Å². The number of methoxy groups -OCH3 is 1. The summed E-state index contributed by atoms with van der Waals surface area (Å²) >= 11 is 0. The molecule has 2 N–H and O–H groups in total. The smallest absolute Gasteiger partial charge is 0.338 e. The molecule has 2 aromatic carbocycles. The topological polar surface area (TPSA) is 87.8 Å². The molecule has 0 radical (unpaired) electrons. The number of amides is 1. The molecule has 0 aliphatic rings. The van der Waals surface area contributed by atoms with Crippen LogP contribution in [0.3, 0.4) is 0 Å². The molecule has 6 heteroatoms. The van der Waals surface area contributed by atoms with E-state index in [2.05, 4.69) is 0 Å². The van der Waals surface area contributed by atoms with Gasteiger partial charge in [-0.15, -0.1) is 0 Å². The summed E-state index contributed by atoms with van der Waals surface area (Å²) in [6, 6.07) is 14.2. The Kier molecular flexibility index (Phi) is 6.59. The third kappa shape index (κ3) is 5.69. The molecule has 0 spiro atoms. The van der Waals surface area contributed by atoms with Gasteiger partial charge in [-0.25, -0.2) is 4.79 Å². The predicted molar refractivity (Wildman–Crippen MR) is 93.4 cm³/mol. The SMILES string of the molecule is COc1cc(C(=O)OCC=Cc2ccccc2)ccc1OCC(N)=O. The van der Waals surface area contributed by atoms with E-state index >= 15 is 0 Å². The van der Waals surface area contributed by atoms with Crippen LogP contribution in [0.15, 0.2) is 54.6 Å². The Hall–Kier alpha value is -3.28. The molecular weight excluding hydrogens is 322 g/mol. The van der Waals surface area contributed by atoms with Crippen molar-refractivity contribution in [3.05, 3.63) is 65.7 Å². The van der Waals surface area contributed by atoms with Gasteiger partial charge in [-0.05, 0) is 29.8 Å². The number of carbonyl (C=O) groups is 2. The average Bonchev–Trinajstić information content (AvgIpc) is 2.64.